The van der Waals surface area contributed by atoms with Crippen LogP contribution in [0, 0.1) is 6.92 Å². The molecule has 0 aliphatic carbocycles. The van der Waals surface area contributed by atoms with Crippen LogP contribution in [0.15, 0.2) is 22.8 Å². The number of halogens is 1. The number of carboxylic acids is 1. The fraction of sp³-hybridized carbons (Fsp3) is 0.100. The second-order valence-corrected chi connectivity index (χ2v) is 4.03. The smallest absolute Gasteiger partial charge is 0.337 e. The molecule has 0 radical (unpaired) electrons. The molecular formula is C10H8BrNO2. The Morgan fingerprint density at radius 2 is 2.21 bits per heavy atom. The van der Waals surface area contributed by atoms with Crippen LogP contribution in [-0.4, -0.2) is 16.1 Å². The first-order chi connectivity index (χ1) is 6.59. The third-order valence-electron chi connectivity index (χ3n) is 2.12. The number of fused-ring (bicyclic) bond motifs is 1. The fourth-order valence-electron chi connectivity index (χ4n) is 1.50. The molecule has 72 valence electrons. The van der Waals surface area contributed by atoms with Crippen molar-refractivity contribution >= 4 is 32.8 Å². The van der Waals surface area contributed by atoms with Crippen LogP contribution in [0.25, 0.3) is 10.9 Å². The number of hydrogen-bond acceptors (Lipinski definition) is 1. The van der Waals surface area contributed by atoms with Gasteiger partial charge >= 0.3 is 5.97 Å². The minimum absolute atomic E-state index is 0.310. The van der Waals surface area contributed by atoms with E-state index >= 15 is 0 Å². The van der Waals surface area contributed by atoms with Crippen molar-refractivity contribution in [3.8, 4) is 0 Å². The lowest BCUT2D eigenvalue weighted by molar-refractivity contribution is 0.0699. The van der Waals surface area contributed by atoms with Crippen molar-refractivity contribution in [2.45, 2.75) is 6.92 Å². The first kappa shape index (κ1) is 9.27. The first-order valence-electron chi connectivity index (χ1n) is 4.10. The number of carboxylic acid groups (broad SMARTS) is 1. The molecular weight excluding hydrogens is 246 g/mol. The van der Waals surface area contributed by atoms with Gasteiger partial charge in [-0.3, -0.25) is 0 Å². The molecule has 2 aromatic rings. The molecule has 0 fully saturated rings. The highest BCUT2D eigenvalue weighted by Gasteiger charge is 2.12. The lowest BCUT2D eigenvalue weighted by atomic mass is 10.1. The highest BCUT2D eigenvalue weighted by molar-refractivity contribution is 9.10. The standard InChI is InChI=1S/C10H8BrNO2/c1-5-2-6-7(10(13)14)4-12-9(6)8(11)3-5/h2-4,12H,1H3,(H,13,14). The van der Waals surface area contributed by atoms with Gasteiger partial charge in [-0.2, -0.15) is 0 Å². The zero-order valence-electron chi connectivity index (χ0n) is 7.47. The Hall–Kier alpha value is -1.29. The second-order valence-electron chi connectivity index (χ2n) is 3.18. The van der Waals surface area contributed by atoms with Gasteiger partial charge in [0.05, 0.1) is 11.1 Å². The Labute approximate surface area is 88.9 Å². The molecule has 0 aliphatic heterocycles. The number of hydrogen-bond donors (Lipinski definition) is 2. The summed E-state index contributed by atoms with van der Waals surface area (Å²) >= 11 is 3.39. The van der Waals surface area contributed by atoms with Crippen LogP contribution in [0.4, 0.5) is 0 Å². The average molecular weight is 254 g/mol. The topological polar surface area (TPSA) is 53.1 Å². The Kier molecular flexibility index (Phi) is 2.07. The molecule has 0 bridgehead atoms. The van der Waals surface area contributed by atoms with E-state index < -0.39 is 5.97 Å². The number of benzene rings is 1. The van der Waals surface area contributed by atoms with E-state index in [1.165, 1.54) is 6.20 Å². The van der Waals surface area contributed by atoms with E-state index in [1.54, 1.807) is 0 Å². The van der Waals surface area contributed by atoms with Crippen LogP contribution in [0.5, 0.6) is 0 Å². The normalized spacial score (nSPS) is 10.7. The Balaban J connectivity index is 2.85. The Morgan fingerprint density at radius 1 is 1.50 bits per heavy atom. The summed E-state index contributed by atoms with van der Waals surface area (Å²) in [5.74, 6) is -0.909. The molecule has 1 heterocycles. The Bertz CT molecular complexity index is 516. The van der Waals surface area contributed by atoms with Gasteiger partial charge in [-0.15, -0.1) is 0 Å². The monoisotopic (exact) mass is 253 g/mol. The second kappa shape index (κ2) is 3.13. The lowest BCUT2D eigenvalue weighted by Gasteiger charge is -1.98. The van der Waals surface area contributed by atoms with Crippen LogP contribution in [0.1, 0.15) is 15.9 Å². The van der Waals surface area contributed by atoms with E-state index in [2.05, 4.69) is 20.9 Å². The van der Waals surface area contributed by atoms with Crippen LogP contribution in [0.3, 0.4) is 0 Å². The van der Waals surface area contributed by atoms with Gasteiger partial charge in [0.25, 0.3) is 0 Å². The summed E-state index contributed by atoms with van der Waals surface area (Å²) < 4.78 is 0.889. The van der Waals surface area contributed by atoms with Gasteiger partial charge in [-0.05, 0) is 40.5 Å². The molecule has 14 heavy (non-hydrogen) atoms. The molecule has 0 saturated carbocycles. The van der Waals surface area contributed by atoms with Gasteiger partial charge in [0.2, 0.25) is 0 Å². The maximum Gasteiger partial charge on any atom is 0.337 e. The zero-order valence-corrected chi connectivity index (χ0v) is 9.05. The molecule has 0 unspecified atom stereocenters. The van der Waals surface area contributed by atoms with E-state index in [0.29, 0.717) is 5.56 Å². The molecule has 0 spiro atoms. The predicted octanol–water partition coefficient (Wildman–Crippen LogP) is 2.94. The maximum absolute atomic E-state index is 10.9. The summed E-state index contributed by atoms with van der Waals surface area (Å²) in [4.78, 5) is 13.8. The lowest BCUT2D eigenvalue weighted by Crippen LogP contribution is -1.93. The van der Waals surface area contributed by atoms with E-state index in [0.717, 1.165) is 20.9 Å². The molecule has 1 aromatic carbocycles. The van der Waals surface area contributed by atoms with Crippen LogP contribution < -0.4 is 0 Å². The predicted molar refractivity (Wildman–Crippen MR) is 57.7 cm³/mol. The number of aromatic nitrogens is 1. The number of H-pyrrole nitrogens is 1. The molecule has 0 saturated heterocycles. The third-order valence-corrected chi connectivity index (χ3v) is 2.74. The van der Waals surface area contributed by atoms with Crippen LogP contribution >= 0.6 is 15.9 Å². The summed E-state index contributed by atoms with van der Waals surface area (Å²) in [6.45, 7) is 1.93. The third kappa shape index (κ3) is 1.32. The van der Waals surface area contributed by atoms with Crippen molar-refractivity contribution in [2.24, 2.45) is 0 Å². The largest absolute Gasteiger partial charge is 0.478 e. The van der Waals surface area contributed by atoms with Crippen molar-refractivity contribution in [3.05, 3.63) is 33.9 Å². The molecule has 0 amide bonds. The summed E-state index contributed by atoms with van der Waals surface area (Å²) in [6.07, 6.45) is 1.51. The first-order valence-corrected chi connectivity index (χ1v) is 4.89. The molecule has 0 aliphatic rings. The maximum atomic E-state index is 10.9. The van der Waals surface area contributed by atoms with Crippen LogP contribution in [-0.2, 0) is 0 Å². The number of aromatic amines is 1. The van der Waals surface area contributed by atoms with Crippen molar-refractivity contribution in [1.82, 2.24) is 4.98 Å². The number of nitrogens with one attached hydrogen (secondary N) is 1. The van der Waals surface area contributed by atoms with E-state index in [1.807, 2.05) is 19.1 Å². The highest BCUT2D eigenvalue weighted by Crippen LogP contribution is 2.27. The quantitative estimate of drug-likeness (QED) is 0.821. The fourth-order valence-corrected chi connectivity index (χ4v) is 2.19. The van der Waals surface area contributed by atoms with Gasteiger partial charge in [0.15, 0.2) is 0 Å². The minimum atomic E-state index is -0.909. The number of aryl methyl sites for hydroxylation is 1. The van der Waals surface area contributed by atoms with Gasteiger partial charge in [-0.1, -0.05) is 0 Å². The van der Waals surface area contributed by atoms with Gasteiger partial charge in [-0.25, -0.2) is 4.79 Å². The van der Waals surface area contributed by atoms with Crippen molar-refractivity contribution < 1.29 is 9.90 Å². The van der Waals surface area contributed by atoms with Gasteiger partial charge in [0.1, 0.15) is 0 Å². The molecule has 2 rings (SSSR count). The van der Waals surface area contributed by atoms with Crippen LogP contribution in [0.2, 0.25) is 0 Å². The zero-order chi connectivity index (χ0) is 10.3. The molecule has 1 aromatic heterocycles. The van der Waals surface area contributed by atoms with E-state index in [-0.39, 0.29) is 0 Å². The van der Waals surface area contributed by atoms with Crippen molar-refractivity contribution in [1.29, 1.82) is 0 Å². The highest BCUT2D eigenvalue weighted by atomic mass is 79.9. The number of aromatic carboxylic acids is 1. The number of rotatable bonds is 1. The number of carbonyl (C=O) groups is 1. The van der Waals surface area contributed by atoms with Gasteiger partial charge < -0.3 is 10.1 Å². The SMILES string of the molecule is Cc1cc(Br)c2[nH]cc(C(=O)O)c2c1. The summed E-state index contributed by atoms with van der Waals surface area (Å²) in [5, 5.41) is 9.66. The molecule has 3 nitrogen and oxygen atoms in total. The minimum Gasteiger partial charge on any atom is -0.478 e. The molecule has 4 heteroatoms. The van der Waals surface area contributed by atoms with Gasteiger partial charge in [0, 0.05) is 16.1 Å². The molecule has 2 N–H and O–H groups in total. The Morgan fingerprint density at radius 3 is 2.86 bits per heavy atom. The van der Waals surface area contributed by atoms with Crippen molar-refractivity contribution in [2.75, 3.05) is 0 Å². The average Bonchev–Trinajstić information content (AvgIpc) is 2.47. The van der Waals surface area contributed by atoms with Crippen molar-refractivity contribution in [3.63, 3.8) is 0 Å². The summed E-state index contributed by atoms with van der Waals surface area (Å²) in [5.41, 5.74) is 2.17. The summed E-state index contributed by atoms with van der Waals surface area (Å²) in [7, 11) is 0. The van der Waals surface area contributed by atoms with E-state index in [4.69, 9.17) is 5.11 Å². The summed E-state index contributed by atoms with van der Waals surface area (Å²) in [6, 6.07) is 3.81. The van der Waals surface area contributed by atoms with E-state index in [9.17, 15) is 4.79 Å². The molecule has 0 atom stereocenters.